The third-order valence-electron chi connectivity index (χ3n) is 5.80. The Morgan fingerprint density at radius 2 is 1.57 bits per heavy atom. The van der Waals surface area contributed by atoms with Gasteiger partial charge in [0.1, 0.15) is 17.1 Å². The minimum Gasteiger partial charge on any atom is -0.457 e. The lowest BCUT2D eigenvalue weighted by molar-refractivity contribution is -0.122. The molecular weight excluding hydrogens is 504 g/mol. The van der Waals surface area contributed by atoms with Crippen LogP contribution in [0.3, 0.4) is 0 Å². The van der Waals surface area contributed by atoms with E-state index in [1.807, 2.05) is 76.6 Å². The van der Waals surface area contributed by atoms with Crippen LogP contribution in [-0.2, 0) is 9.59 Å². The predicted molar refractivity (Wildman–Crippen MR) is 148 cm³/mol. The van der Waals surface area contributed by atoms with Gasteiger partial charge in [-0.05, 0) is 54.7 Å². The molecule has 0 saturated carbocycles. The lowest BCUT2D eigenvalue weighted by Gasteiger charge is -2.29. The van der Waals surface area contributed by atoms with E-state index < -0.39 is 11.8 Å². The predicted octanol–water partition coefficient (Wildman–Crippen LogP) is 5.69. The molecule has 0 unspecified atom stereocenters. The van der Waals surface area contributed by atoms with Crippen molar-refractivity contribution in [2.45, 2.75) is 0 Å². The number of para-hydroxylation sites is 1. The van der Waals surface area contributed by atoms with Crippen LogP contribution in [0.5, 0.6) is 11.5 Å². The zero-order chi connectivity index (χ0) is 25.4. The van der Waals surface area contributed by atoms with E-state index in [4.69, 9.17) is 21.9 Å². The third-order valence-corrected chi connectivity index (χ3v) is 6.84. The van der Waals surface area contributed by atoms with E-state index in [2.05, 4.69) is 5.32 Å². The summed E-state index contributed by atoms with van der Waals surface area (Å²) in [5.74, 6) is 0.234. The monoisotopic (exact) mass is 522 g/mol. The number of thiocarbonyl (C=S) groups is 1. The number of thiazole rings is 1. The number of aromatic nitrogens is 2. The number of rotatable bonds is 5. The fourth-order valence-corrected chi connectivity index (χ4v) is 5.07. The second kappa shape index (κ2) is 9.45. The van der Waals surface area contributed by atoms with E-state index in [0.717, 1.165) is 10.5 Å². The molecule has 1 N–H and O–H groups in total. The molecule has 0 spiro atoms. The van der Waals surface area contributed by atoms with E-state index in [1.165, 1.54) is 16.2 Å². The lowest BCUT2D eigenvalue weighted by atomic mass is 10.1. The molecule has 0 atom stereocenters. The molecule has 180 valence electrons. The summed E-state index contributed by atoms with van der Waals surface area (Å²) in [5.41, 5.74) is 2.68. The van der Waals surface area contributed by atoms with Crippen molar-refractivity contribution in [1.82, 2.24) is 14.7 Å². The van der Waals surface area contributed by atoms with Crippen LogP contribution in [0.15, 0.2) is 102 Å². The highest BCUT2D eigenvalue weighted by molar-refractivity contribution is 7.80. The summed E-state index contributed by atoms with van der Waals surface area (Å²) < 4.78 is 7.71. The fraction of sp³-hybridized carbons (Fsp3) is 0. The Kier molecular flexibility index (Phi) is 5.84. The molecule has 0 bridgehead atoms. The summed E-state index contributed by atoms with van der Waals surface area (Å²) in [7, 11) is 0. The van der Waals surface area contributed by atoms with Gasteiger partial charge in [-0.3, -0.25) is 24.2 Å². The van der Waals surface area contributed by atoms with Crippen molar-refractivity contribution in [2.24, 2.45) is 0 Å². The molecule has 6 rings (SSSR count). The molecule has 2 aromatic heterocycles. The highest BCUT2D eigenvalue weighted by Crippen LogP contribution is 2.31. The van der Waals surface area contributed by atoms with Gasteiger partial charge in [0.2, 0.25) is 0 Å². The second-order valence-electron chi connectivity index (χ2n) is 8.13. The smallest absolute Gasteiger partial charge is 0.270 e. The lowest BCUT2D eigenvalue weighted by Crippen LogP contribution is -2.54. The molecule has 0 aliphatic carbocycles. The Bertz CT molecular complexity index is 1670. The number of fused-ring (bicyclic) bond motifs is 1. The quantitative estimate of drug-likeness (QED) is 0.182. The normalized spacial score (nSPS) is 14.9. The Labute approximate surface area is 221 Å². The molecule has 0 radical (unpaired) electrons. The number of hydrogen-bond acceptors (Lipinski definition) is 6. The van der Waals surface area contributed by atoms with Gasteiger partial charge < -0.3 is 4.74 Å². The molecule has 1 fully saturated rings. The van der Waals surface area contributed by atoms with Crippen LogP contribution in [0.4, 0.5) is 5.69 Å². The molecule has 5 aromatic rings. The Balaban J connectivity index is 1.36. The molecule has 9 heteroatoms. The van der Waals surface area contributed by atoms with Crippen LogP contribution in [0, 0.1) is 0 Å². The number of carbonyl (C=O) groups is 2. The van der Waals surface area contributed by atoms with E-state index in [1.54, 1.807) is 30.3 Å². The highest BCUT2D eigenvalue weighted by Gasteiger charge is 2.35. The first kappa shape index (κ1) is 22.8. The average Bonchev–Trinajstić information content (AvgIpc) is 3.51. The van der Waals surface area contributed by atoms with Gasteiger partial charge >= 0.3 is 0 Å². The number of hydrogen-bond donors (Lipinski definition) is 1. The summed E-state index contributed by atoms with van der Waals surface area (Å²) in [5, 5.41) is 4.57. The van der Waals surface area contributed by atoms with Gasteiger partial charge in [0, 0.05) is 17.1 Å². The largest absolute Gasteiger partial charge is 0.457 e. The Morgan fingerprint density at radius 1 is 0.892 bits per heavy atom. The number of nitrogens with one attached hydrogen (secondary N) is 1. The van der Waals surface area contributed by atoms with E-state index >= 15 is 0 Å². The molecule has 2 amide bonds. The highest BCUT2D eigenvalue weighted by atomic mass is 32.1. The van der Waals surface area contributed by atoms with Crippen LogP contribution in [0.1, 0.15) is 5.69 Å². The number of anilines is 1. The molecular formula is C28H18N4O3S2. The van der Waals surface area contributed by atoms with Gasteiger partial charge in [-0.25, -0.2) is 4.98 Å². The van der Waals surface area contributed by atoms with Crippen LogP contribution >= 0.6 is 23.6 Å². The molecule has 1 aliphatic rings. The molecule has 7 nitrogen and oxygen atoms in total. The fourth-order valence-electron chi connectivity index (χ4n) is 4.07. The van der Waals surface area contributed by atoms with Gasteiger partial charge in [-0.1, -0.05) is 48.5 Å². The van der Waals surface area contributed by atoms with Crippen molar-refractivity contribution in [2.75, 3.05) is 4.90 Å². The van der Waals surface area contributed by atoms with Crippen molar-refractivity contribution in [1.29, 1.82) is 0 Å². The zero-order valence-corrected chi connectivity index (χ0v) is 20.8. The summed E-state index contributed by atoms with van der Waals surface area (Å²) in [4.78, 5) is 33.4. The van der Waals surface area contributed by atoms with E-state index in [9.17, 15) is 9.59 Å². The number of nitrogens with zero attached hydrogens (tertiary/aromatic N) is 3. The Morgan fingerprint density at radius 3 is 2.30 bits per heavy atom. The molecule has 1 aliphatic heterocycles. The average molecular weight is 523 g/mol. The number of ether oxygens (including phenoxy) is 1. The number of amides is 2. The summed E-state index contributed by atoms with van der Waals surface area (Å²) in [6.07, 6.45) is 3.44. The van der Waals surface area contributed by atoms with Gasteiger partial charge in [-0.15, -0.1) is 11.3 Å². The first-order chi connectivity index (χ1) is 18.1. The van der Waals surface area contributed by atoms with Crippen molar-refractivity contribution < 1.29 is 14.3 Å². The van der Waals surface area contributed by atoms with Crippen LogP contribution in [0.25, 0.3) is 22.3 Å². The maximum Gasteiger partial charge on any atom is 0.270 e. The number of benzene rings is 3. The third kappa shape index (κ3) is 4.31. The molecule has 1 saturated heterocycles. The summed E-state index contributed by atoms with van der Waals surface area (Å²) in [6, 6.07) is 26.0. The minimum atomic E-state index is -0.556. The molecule has 3 heterocycles. The topological polar surface area (TPSA) is 75.9 Å². The van der Waals surface area contributed by atoms with E-state index in [-0.39, 0.29) is 10.7 Å². The van der Waals surface area contributed by atoms with Gasteiger partial charge in [0.15, 0.2) is 10.1 Å². The summed E-state index contributed by atoms with van der Waals surface area (Å²) in [6.45, 7) is 0. The second-order valence-corrected chi connectivity index (χ2v) is 9.39. The Hall–Kier alpha value is -4.60. The minimum absolute atomic E-state index is 0.0149. The molecule has 3 aromatic carbocycles. The van der Waals surface area contributed by atoms with Crippen molar-refractivity contribution in [3.63, 3.8) is 0 Å². The SMILES string of the molecule is O=C1NC(=S)N(c2ccc(Oc3ccccc3)cc2)C(=O)C1=Cc1c(-c2ccccc2)nc2sccn12. The van der Waals surface area contributed by atoms with Crippen molar-refractivity contribution >= 4 is 57.2 Å². The van der Waals surface area contributed by atoms with Gasteiger partial charge in [-0.2, -0.15) is 0 Å². The van der Waals surface area contributed by atoms with Crippen LogP contribution in [-0.4, -0.2) is 26.3 Å². The van der Waals surface area contributed by atoms with Crippen LogP contribution in [0.2, 0.25) is 0 Å². The van der Waals surface area contributed by atoms with Crippen molar-refractivity contribution in [3.8, 4) is 22.8 Å². The number of imidazole rings is 1. The van der Waals surface area contributed by atoms with Crippen molar-refractivity contribution in [3.05, 3.63) is 108 Å². The summed E-state index contributed by atoms with van der Waals surface area (Å²) >= 11 is 6.84. The maximum atomic E-state index is 13.6. The number of carbonyl (C=O) groups excluding carboxylic acids is 2. The first-order valence-corrected chi connectivity index (χ1v) is 12.6. The standard InChI is InChI=1S/C28H18N4O3S2/c33-25-22(17-23-24(18-7-3-1-4-8-18)29-28-31(23)15-16-37-28)26(34)32(27(36)30-25)19-11-13-21(14-12-19)35-20-9-5-2-6-10-20/h1-17H,(H,30,33,36). The van der Waals surface area contributed by atoms with Gasteiger partial charge in [0.05, 0.1) is 17.1 Å². The van der Waals surface area contributed by atoms with Gasteiger partial charge in [0.25, 0.3) is 11.8 Å². The van der Waals surface area contributed by atoms with E-state index in [0.29, 0.717) is 28.6 Å². The first-order valence-electron chi connectivity index (χ1n) is 11.3. The zero-order valence-electron chi connectivity index (χ0n) is 19.2. The molecule has 37 heavy (non-hydrogen) atoms. The maximum absolute atomic E-state index is 13.6. The van der Waals surface area contributed by atoms with Crippen LogP contribution < -0.4 is 15.0 Å².